The number of hydrogen-bond acceptors (Lipinski definition) is 2. The molecule has 0 fully saturated rings. The third-order valence-corrected chi connectivity index (χ3v) is 6.04. The van der Waals surface area contributed by atoms with E-state index < -0.39 is 0 Å². The molecule has 0 bridgehead atoms. The fraction of sp³-hybridized carbons (Fsp3) is 0.0345. The monoisotopic (exact) mass is 412 g/mol. The summed E-state index contributed by atoms with van der Waals surface area (Å²) < 4.78 is 1.76. The van der Waals surface area contributed by atoms with E-state index in [9.17, 15) is 4.79 Å². The van der Waals surface area contributed by atoms with Crippen LogP contribution in [0.3, 0.4) is 0 Å². The number of aryl methyl sites for hydroxylation is 1. The van der Waals surface area contributed by atoms with Crippen molar-refractivity contribution in [2.24, 2.45) is 0 Å². The Hall–Kier alpha value is -4.24. The van der Waals surface area contributed by atoms with Crippen molar-refractivity contribution in [3.8, 4) is 0 Å². The summed E-state index contributed by atoms with van der Waals surface area (Å²) in [5.74, 6) is 0. The number of benzene rings is 5. The summed E-state index contributed by atoms with van der Waals surface area (Å²) in [4.78, 5) is 18.0. The Bertz CT molecular complexity index is 1790. The van der Waals surface area contributed by atoms with Gasteiger partial charge >= 0.3 is 0 Å². The van der Waals surface area contributed by atoms with Crippen molar-refractivity contribution >= 4 is 49.0 Å². The van der Waals surface area contributed by atoms with Gasteiger partial charge in [0.25, 0.3) is 5.56 Å². The molecule has 0 N–H and O–H groups in total. The molecule has 0 saturated heterocycles. The van der Waals surface area contributed by atoms with Gasteiger partial charge in [0.1, 0.15) is 5.65 Å². The number of aromatic nitrogens is 2. The predicted octanol–water partition coefficient (Wildman–Crippen LogP) is 6.74. The molecular formula is C29H20N2O. The lowest BCUT2D eigenvalue weighted by Gasteiger charge is -2.06. The van der Waals surface area contributed by atoms with Crippen LogP contribution < -0.4 is 5.56 Å². The van der Waals surface area contributed by atoms with Crippen molar-refractivity contribution in [2.75, 3.05) is 0 Å². The highest BCUT2D eigenvalue weighted by Crippen LogP contribution is 2.30. The van der Waals surface area contributed by atoms with Crippen molar-refractivity contribution in [3.05, 3.63) is 119 Å². The Morgan fingerprint density at radius 3 is 1.97 bits per heavy atom. The minimum atomic E-state index is -0.00270. The van der Waals surface area contributed by atoms with Crippen molar-refractivity contribution in [1.82, 2.24) is 9.38 Å². The Balaban J connectivity index is 0.000000241. The normalized spacial score (nSPS) is 11.4. The van der Waals surface area contributed by atoms with E-state index in [-0.39, 0.29) is 5.56 Å². The molecule has 152 valence electrons. The zero-order valence-electron chi connectivity index (χ0n) is 17.6. The van der Waals surface area contributed by atoms with Gasteiger partial charge in [0.15, 0.2) is 0 Å². The van der Waals surface area contributed by atoms with Crippen LogP contribution in [-0.4, -0.2) is 9.38 Å². The van der Waals surface area contributed by atoms with Gasteiger partial charge in [-0.15, -0.1) is 0 Å². The minimum Gasteiger partial charge on any atom is -0.268 e. The van der Waals surface area contributed by atoms with E-state index in [4.69, 9.17) is 4.98 Å². The minimum absolute atomic E-state index is 0.00270. The maximum atomic E-state index is 13.2. The zero-order valence-corrected chi connectivity index (χ0v) is 17.6. The van der Waals surface area contributed by atoms with Crippen LogP contribution in [0.5, 0.6) is 0 Å². The van der Waals surface area contributed by atoms with Gasteiger partial charge in [-0.05, 0) is 41.3 Å². The number of hydrogen-bond donors (Lipinski definition) is 0. The molecule has 0 unspecified atom stereocenters. The first-order valence-electron chi connectivity index (χ1n) is 10.7. The fourth-order valence-electron chi connectivity index (χ4n) is 4.51. The highest BCUT2D eigenvalue weighted by atomic mass is 16.1. The third-order valence-electron chi connectivity index (χ3n) is 6.04. The van der Waals surface area contributed by atoms with E-state index in [2.05, 4.69) is 49.4 Å². The van der Waals surface area contributed by atoms with E-state index in [1.165, 1.54) is 5.56 Å². The molecular weight excluding hydrogens is 392 g/mol. The van der Waals surface area contributed by atoms with Gasteiger partial charge in [0.2, 0.25) is 0 Å². The molecule has 3 heteroatoms. The van der Waals surface area contributed by atoms with E-state index >= 15 is 0 Å². The maximum absolute atomic E-state index is 13.2. The molecule has 0 atom stereocenters. The lowest BCUT2D eigenvalue weighted by atomic mass is 10.0. The van der Waals surface area contributed by atoms with Gasteiger partial charge in [-0.2, -0.15) is 0 Å². The summed E-state index contributed by atoms with van der Waals surface area (Å²) in [6.07, 6.45) is 0. The summed E-state index contributed by atoms with van der Waals surface area (Å²) in [6, 6.07) is 34.6. The van der Waals surface area contributed by atoms with E-state index in [1.807, 2.05) is 60.7 Å². The molecule has 2 heterocycles. The first-order chi connectivity index (χ1) is 15.7. The van der Waals surface area contributed by atoms with Crippen LogP contribution in [0.25, 0.3) is 49.0 Å². The van der Waals surface area contributed by atoms with Gasteiger partial charge in [0.05, 0.1) is 11.0 Å². The standard InChI is InChI=1S/C22H12N2O.C7H8/c25-22-17-10-4-8-13-7-3-9-16(20(13)17)21-23-18-11-14-5-1-2-6-15(14)12-19(18)24(21)22;1-7-5-3-2-4-6-7/h1-12H;2-6H,1H3. The first-order valence-corrected chi connectivity index (χ1v) is 10.7. The van der Waals surface area contributed by atoms with Crippen LogP contribution in [0, 0.1) is 6.92 Å². The second kappa shape index (κ2) is 7.17. The van der Waals surface area contributed by atoms with Crippen molar-refractivity contribution < 1.29 is 0 Å². The molecule has 0 aliphatic rings. The number of pyridine rings is 1. The molecule has 7 rings (SSSR count). The summed E-state index contributed by atoms with van der Waals surface area (Å²) >= 11 is 0. The predicted molar refractivity (Wildman–Crippen MR) is 134 cm³/mol. The molecule has 32 heavy (non-hydrogen) atoms. The van der Waals surface area contributed by atoms with Crippen LogP contribution in [-0.2, 0) is 0 Å². The van der Waals surface area contributed by atoms with Gasteiger partial charge in [-0.3, -0.25) is 9.20 Å². The lowest BCUT2D eigenvalue weighted by Crippen LogP contribution is -2.13. The lowest BCUT2D eigenvalue weighted by molar-refractivity contribution is 1.19. The molecule has 0 amide bonds. The SMILES string of the molecule is Cc1ccccc1.O=c1c2cccc3cccc(c32)c2nc3cc4ccccc4cc3n12. The third kappa shape index (κ3) is 2.83. The second-order valence-corrected chi connectivity index (χ2v) is 8.13. The Kier molecular flexibility index (Phi) is 4.15. The Morgan fingerprint density at radius 1 is 0.656 bits per heavy atom. The summed E-state index contributed by atoms with van der Waals surface area (Å²) in [5.41, 5.74) is 3.77. The topological polar surface area (TPSA) is 34.4 Å². The van der Waals surface area contributed by atoms with Crippen LogP contribution in [0.1, 0.15) is 5.56 Å². The highest BCUT2D eigenvalue weighted by Gasteiger charge is 2.15. The van der Waals surface area contributed by atoms with Crippen LogP contribution in [0.2, 0.25) is 0 Å². The van der Waals surface area contributed by atoms with Crippen LogP contribution in [0.4, 0.5) is 0 Å². The number of imidazole rings is 1. The molecule has 0 aliphatic heterocycles. The highest BCUT2D eigenvalue weighted by molar-refractivity contribution is 6.15. The van der Waals surface area contributed by atoms with E-state index in [1.54, 1.807) is 4.40 Å². The molecule has 0 radical (unpaired) electrons. The Labute approximate surface area is 184 Å². The van der Waals surface area contributed by atoms with Crippen LogP contribution >= 0.6 is 0 Å². The Morgan fingerprint density at radius 2 is 1.28 bits per heavy atom. The smallest absolute Gasteiger partial charge is 0.264 e. The average Bonchev–Trinajstić information content (AvgIpc) is 3.20. The molecule has 0 aliphatic carbocycles. The van der Waals surface area contributed by atoms with Gasteiger partial charge in [-0.25, -0.2) is 4.98 Å². The molecule has 3 nitrogen and oxygen atoms in total. The summed E-state index contributed by atoms with van der Waals surface area (Å²) in [7, 11) is 0. The number of nitrogens with zero attached hydrogens (tertiary/aromatic N) is 2. The molecule has 0 spiro atoms. The summed E-state index contributed by atoms with van der Waals surface area (Å²) in [6.45, 7) is 2.08. The van der Waals surface area contributed by atoms with E-state index in [0.717, 1.165) is 49.0 Å². The maximum Gasteiger partial charge on any atom is 0.264 e. The largest absolute Gasteiger partial charge is 0.268 e. The number of rotatable bonds is 0. The zero-order chi connectivity index (χ0) is 21.7. The van der Waals surface area contributed by atoms with Gasteiger partial charge in [-0.1, -0.05) is 90.5 Å². The molecule has 0 saturated carbocycles. The van der Waals surface area contributed by atoms with Crippen LogP contribution in [0.15, 0.2) is 108 Å². The molecule has 2 aromatic heterocycles. The second-order valence-electron chi connectivity index (χ2n) is 8.13. The first kappa shape index (κ1) is 18.5. The van der Waals surface area contributed by atoms with Gasteiger partial charge in [0, 0.05) is 16.2 Å². The molecule has 5 aromatic carbocycles. The average molecular weight is 412 g/mol. The van der Waals surface area contributed by atoms with Crippen molar-refractivity contribution in [1.29, 1.82) is 0 Å². The van der Waals surface area contributed by atoms with Gasteiger partial charge < -0.3 is 0 Å². The van der Waals surface area contributed by atoms with Crippen molar-refractivity contribution in [3.63, 3.8) is 0 Å². The fourth-order valence-corrected chi connectivity index (χ4v) is 4.51. The molecule has 7 aromatic rings. The van der Waals surface area contributed by atoms with E-state index in [0.29, 0.717) is 0 Å². The van der Waals surface area contributed by atoms with Crippen molar-refractivity contribution in [2.45, 2.75) is 6.92 Å². The number of fused-ring (bicyclic) bond motifs is 5. The quantitative estimate of drug-likeness (QED) is 0.276. The summed E-state index contributed by atoms with van der Waals surface area (Å²) in [5, 5.41) is 6.09.